The van der Waals surface area contributed by atoms with Crippen LogP contribution in [-0.2, 0) is 6.42 Å². The van der Waals surface area contributed by atoms with Crippen molar-refractivity contribution in [2.45, 2.75) is 12.8 Å². The number of allylic oxidation sites excluding steroid dienone is 1. The number of fused-ring (bicyclic) bond motifs is 1. The maximum absolute atomic E-state index is 4.31. The molecule has 0 aliphatic rings. The molecule has 0 aromatic carbocycles. The Morgan fingerprint density at radius 2 is 2.46 bits per heavy atom. The molecule has 3 heteroatoms. The van der Waals surface area contributed by atoms with Crippen molar-refractivity contribution in [3.8, 4) is 0 Å². The standard InChI is InChI=1S/C10H11N3/c1-2-3-4-9-8-7-12-13-10(8)5-6-11-9/h2,5-7H,1,3-4H2,(H,12,13). The predicted octanol–water partition coefficient (Wildman–Crippen LogP) is 2.08. The van der Waals surface area contributed by atoms with Crippen molar-refractivity contribution in [3.63, 3.8) is 0 Å². The molecule has 0 aliphatic heterocycles. The molecule has 0 aliphatic carbocycles. The fourth-order valence-electron chi connectivity index (χ4n) is 1.36. The number of rotatable bonds is 3. The lowest BCUT2D eigenvalue weighted by Gasteiger charge is -1.97. The van der Waals surface area contributed by atoms with Crippen LogP contribution < -0.4 is 0 Å². The van der Waals surface area contributed by atoms with Gasteiger partial charge in [-0.1, -0.05) is 6.08 Å². The van der Waals surface area contributed by atoms with Crippen LogP contribution in [0.25, 0.3) is 10.9 Å². The predicted molar refractivity (Wildman–Crippen MR) is 52.4 cm³/mol. The maximum atomic E-state index is 4.31. The second-order valence-electron chi connectivity index (χ2n) is 2.92. The zero-order valence-corrected chi connectivity index (χ0v) is 7.33. The second kappa shape index (κ2) is 3.39. The molecule has 13 heavy (non-hydrogen) atoms. The van der Waals surface area contributed by atoms with E-state index in [4.69, 9.17) is 0 Å². The van der Waals surface area contributed by atoms with Crippen molar-refractivity contribution in [1.82, 2.24) is 15.2 Å². The smallest absolute Gasteiger partial charge is 0.0684 e. The summed E-state index contributed by atoms with van der Waals surface area (Å²) in [4.78, 5) is 4.31. The van der Waals surface area contributed by atoms with Crippen molar-refractivity contribution >= 4 is 10.9 Å². The van der Waals surface area contributed by atoms with E-state index in [1.54, 1.807) is 6.20 Å². The Morgan fingerprint density at radius 1 is 1.54 bits per heavy atom. The molecule has 0 amide bonds. The average Bonchev–Trinajstić information content (AvgIpc) is 2.62. The molecule has 0 radical (unpaired) electrons. The Labute approximate surface area is 76.5 Å². The zero-order chi connectivity index (χ0) is 9.10. The normalized spacial score (nSPS) is 10.5. The lowest BCUT2D eigenvalue weighted by Crippen LogP contribution is -1.88. The third-order valence-electron chi connectivity index (χ3n) is 2.04. The summed E-state index contributed by atoms with van der Waals surface area (Å²) in [7, 11) is 0. The Kier molecular flexibility index (Phi) is 2.08. The molecule has 0 spiro atoms. The zero-order valence-electron chi connectivity index (χ0n) is 7.33. The van der Waals surface area contributed by atoms with Crippen LogP contribution in [0.15, 0.2) is 31.1 Å². The first kappa shape index (κ1) is 7.98. The van der Waals surface area contributed by atoms with E-state index in [-0.39, 0.29) is 0 Å². The van der Waals surface area contributed by atoms with Crippen molar-refractivity contribution in [1.29, 1.82) is 0 Å². The molecule has 2 aromatic heterocycles. The summed E-state index contributed by atoms with van der Waals surface area (Å²) in [5.41, 5.74) is 2.14. The van der Waals surface area contributed by atoms with E-state index in [9.17, 15) is 0 Å². The molecule has 0 bridgehead atoms. The number of nitrogens with one attached hydrogen (secondary N) is 1. The molecule has 2 aromatic rings. The van der Waals surface area contributed by atoms with Gasteiger partial charge in [0, 0.05) is 11.6 Å². The van der Waals surface area contributed by atoms with Gasteiger partial charge in [0.15, 0.2) is 0 Å². The SMILES string of the molecule is C=CCCc1nccc2[nH]ncc12. The summed E-state index contributed by atoms with van der Waals surface area (Å²) in [6, 6.07) is 1.93. The van der Waals surface area contributed by atoms with Gasteiger partial charge in [0.25, 0.3) is 0 Å². The third-order valence-corrected chi connectivity index (χ3v) is 2.04. The highest BCUT2D eigenvalue weighted by molar-refractivity contribution is 5.79. The van der Waals surface area contributed by atoms with E-state index in [0.29, 0.717) is 0 Å². The van der Waals surface area contributed by atoms with Gasteiger partial charge in [-0.05, 0) is 18.9 Å². The lowest BCUT2D eigenvalue weighted by atomic mass is 10.1. The van der Waals surface area contributed by atoms with E-state index in [2.05, 4.69) is 21.8 Å². The molecule has 0 fully saturated rings. The molecule has 1 N–H and O–H groups in total. The van der Waals surface area contributed by atoms with Gasteiger partial charge < -0.3 is 0 Å². The van der Waals surface area contributed by atoms with Crippen LogP contribution in [0, 0.1) is 0 Å². The number of hydrogen-bond donors (Lipinski definition) is 1. The van der Waals surface area contributed by atoms with Crippen LogP contribution in [0.1, 0.15) is 12.1 Å². The molecule has 0 saturated heterocycles. The number of nitrogens with zero attached hydrogens (tertiary/aromatic N) is 2. The van der Waals surface area contributed by atoms with Crippen molar-refractivity contribution in [2.75, 3.05) is 0 Å². The summed E-state index contributed by atoms with van der Waals surface area (Å²) in [5.74, 6) is 0. The van der Waals surface area contributed by atoms with Crippen molar-refractivity contribution in [3.05, 3.63) is 36.8 Å². The quantitative estimate of drug-likeness (QED) is 0.722. The topological polar surface area (TPSA) is 41.6 Å². The summed E-state index contributed by atoms with van der Waals surface area (Å²) in [6.07, 6.45) is 7.41. The van der Waals surface area contributed by atoms with E-state index in [1.165, 1.54) is 0 Å². The van der Waals surface area contributed by atoms with Gasteiger partial charge >= 0.3 is 0 Å². The fraction of sp³-hybridized carbons (Fsp3) is 0.200. The minimum atomic E-state index is 0.931. The number of aromatic nitrogens is 3. The van der Waals surface area contributed by atoms with Crippen LogP contribution in [0.2, 0.25) is 0 Å². The summed E-state index contributed by atoms with van der Waals surface area (Å²) < 4.78 is 0. The van der Waals surface area contributed by atoms with Crippen molar-refractivity contribution < 1.29 is 0 Å². The minimum Gasteiger partial charge on any atom is -0.278 e. The number of aromatic amines is 1. The van der Waals surface area contributed by atoms with Gasteiger partial charge in [0.05, 0.1) is 17.4 Å². The largest absolute Gasteiger partial charge is 0.278 e. The Hall–Kier alpha value is -1.64. The summed E-state index contributed by atoms with van der Waals surface area (Å²) >= 11 is 0. The lowest BCUT2D eigenvalue weighted by molar-refractivity contribution is 0.960. The van der Waals surface area contributed by atoms with Gasteiger partial charge in [-0.3, -0.25) is 10.1 Å². The highest BCUT2D eigenvalue weighted by Gasteiger charge is 2.01. The van der Waals surface area contributed by atoms with Gasteiger partial charge in [-0.15, -0.1) is 6.58 Å². The fourth-order valence-corrected chi connectivity index (χ4v) is 1.36. The molecule has 0 unspecified atom stereocenters. The van der Waals surface area contributed by atoms with Crippen LogP contribution in [0.3, 0.4) is 0 Å². The molecule has 2 rings (SSSR count). The molecule has 66 valence electrons. The van der Waals surface area contributed by atoms with Crippen molar-refractivity contribution in [2.24, 2.45) is 0 Å². The molecule has 0 saturated carbocycles. The first-order valence-corrected chi connectivity index (χ1v) is 4.29. The van der Waals surface area contributed by atoms with E-state index in [0.717, 1.165) is 29.4 Å². The van der Waals surface area contributed by atoms with E-state index in [1.807, 2.05) is 18.3 Å². The molecular formula is C10H11N3. The molecule has 2 heterocycles. The number of pyridine rings is 1. The monoisotopic (exact) mass is 173 g/mol. The Balaban J connectivity index is 2.42. The van der Waals surface area contributed by atoms with Crippen LogP contribution in [-0.4, -0.2) is 15.2 Å². The first-order chi connectivity index (χ1) is 6.42. The molecule has 0 atom stereocenters. The van der Waals surface area contributed by atoms with Gasteiger partial charge in [0.2, 0.25) is 0 Å². The summed E-state index contributed by atoms with van der Waals surface area (Å²) in [6.45, 7) is 3.69. The Bertz CT molecular complexity index is 417. The molecule has 3 nitrogen and oxygen atoms in total. The highest BCUT2D eigenvalue weighted by atomic mass is 15.1. The summed E-state index contributed by atoms with van der Waals surface area (Å²) in [5, 5.41) is 8.01. The van der Waals surface area contributed by atoms with Gasteiger partial charge in [-0.25, -0.2) is 0 Å². The average molecular weight is 173 g/mol. The highest BCUT2D eigenvalue weighted by Crippen LogP contribution is 2.14. The first-order valence-electron chi connectivity index (χ1n) is 4.29. The Morgan fingerprint density at radius 3 is 3.31 bits per heavy atom. The second-order valence-corrected chi connectivity index (χ2v) is 2.92. The van der Waals surface area contributed by atoms with Crippen LogP contribution in [0.5, 0.6) is 0 Å². The number of hydrogen-bond acceptors (Lipinski definition) is 2. The van der Waals surface area contributed by atoms with Crippen LogP contribution >= 0.6 is 0 Å². The van der Waals surface area contributed by atoms with E-state index >= 15 is 0 Å². The third kappa shape index (κ3) is 1.45. The number of H-pyrrole nitrogens is 1. The van der Waals surface area contributed by atoms with Gasteiger partial charge in [0.1, 0.15) is 0 Å². The van der Waals surface area contributed by atoms with Crippen LogP contribution in [0.4, 0.5) is 0 Å². The number of aryl methyl sites for hydroxylation is 1. The van der Waals surface area contributed by atoms with E-state index < -0.39 is 0 Å². The molecular weight excluding hydrogens is 162 g/mol. The minimum absolute atomic E-state index is 0.931. The maximum Gasteiger partial charge on any atom is 0.0684 e. The van der Waals surface area contributed by atoms with Gasteiger partial charge in [-0.2, -0.15) is 5.10 Å².